The molecule has 0 saturated heterocycles. The van der Waals surface area contributed by atoms with Crippen LogP contribution in [0.4, 0.5) is 0 Å². The second kappa shape index (κ2) is 32.6. The number of amides is 1. The summed E-state index contributed by atoms with van der Waals surface area (Å²) in [5.41, 5.74) is 5.68. The van der Waals surface area contributed by atoms with Gasteiger partial charge in [0.05, 0.1) is 0 Å². The number of carbonyl (C=O) groups is 2. The molecule has 1 amide bonds. The molecule has 0 saturated carbocycles. The van der Waals surface area contributed by atoms with Gasteiger partial charge in [-0.1, -0.05) is 167 Å². The fourth-order valence-corrected chi connectivity index (χ4v) is 5.68. The summed E-state index contributed by atoms with van der Waals surface area (Å²) in [6.45, 7) is 5.79. The zero-order chi connectivity index (χ0) is 30.9. The lowest BCUT2D eigenvalue weighted by Gasteiger charge is -2.24. The van der Waals surface area contributed by atoms with Gasteiger partial charge in [-0.3, -0.25) is 4.79 Å². The van der Waals surface area contributed by atoms with Crippen molar-refractivity contribution in [3.8, 4) is 0 Å². The van der Waals surface area contributed by atoms with E-state index in [9.17, 15) is 14.7 Å². The molecule has 0 unspecified atom stereocenters. The molecule has 0 aromatic rings. The quantitative estimate of drug-likeness (QED) is 0.0451. The van der Waals surface area contributed by atoms with Gasteiger partial charge in [-0.15, -0.1) is 0 Å². The van der Waals surface area contributed by atoms with Crippen LogP contribution in [-0.2, 0) is 9.59 Å². The van der Waals surface area contributed by atoms with Gasteiger partial charge in [0.25, 0.3) is 5.91 Å². The van der Waals surface area contributed by atoms with E-state index in [2.05, 4.69) is 26.0 Å². The van der Waals surface area contributed by atoms with Crippen LogP contribution < -0.4 is 5.73 Å². The fourth-order valence-electron chi connectivity index (χ4n) is 5.68. The lowest BCUT2D eigenvalue weighted by molar-refractivity contribution is -0.146. The first-order valence-corrected chi connectivity index (χ1v) is 18.5. The van der Waals surface area contributed by atoms with Gasteiger partial charge in [-0.2, -0.15) is 0 Å². The second-order valence-electron chi connectivity index (χ2n) is 12.7. The number of nitrogens with zero attached hydrogens (tertiary/aromatic N) is 1. The summed E-state index contributed by atoms with van der Waals surface area (Å²) in [7, 11) is 0. The molecule has 0 rings (SSSR count). The molecule has 3 N–H and O–H groups in total. The summed E-state index contributed by atoms with van der Waals surface area (Å²) < 4.78 is 0. The number of carbonyl (C=O) groups excluding carboxylic acids is 1. The van der Waals surface area contributed by atoms with Crippen molar-refractivity contribution in [2.75, 3.05) is 13.1 Å². The van der Waals surface area contributed by atoms with E-state index in [1.165, 1.54) is 154 Å². The van der Waals surface area contributed by atoms with Crippen molar-refractivity contribution >= 4 is 11.9 Å². The molecule has 0 radical (unpaired) electrons. The van der Waals surface area contributed by atoms with Gasteiger partial charge in [0.15, 0.2) is 6.04 Å². The van der Waals surface area contributed by atoms with Crippen molar-refractivity contribution < 1.29 is 14.7 Å². The number of hydrogen-bond donors (Lipinski definition) is 2. The van der Waals surface area contributed by atoms with Gasteiger partial charge in [0, 0.05) is 13.1 Å². The molecular formula is C37H72N2O3. The van der Waals surface area contributed by atoms with E-state index in [1.54, 1.807) is 4.90 Å². The van der Waals surface area contributed by atoms with Gasteiger partial charge >= 0.3 is 5.97 Å². The molecular weight excluding hydrogens is 520 g/mol. The molecule has 0 heterocycles. The fraction of sp³-hybridized carbons (Fsp3) is 0.892. The van der Waals surface area contributed by atoms with E-state index >= 15 is 0 Å². The van der Waals surface area contributed by atoms with E-state index in [0.29, 0.717) is 13.1 Å². The average Bonchev–Trinajstić information content (AvgIpc) is 2.99. The van der Waals surface area contributed by atoms with Gasteiger partial charge in [-0.05, 0) is 38.5 Å². The third kappa shape index (κ3) is 27.5. The van der Waals surface area contributed by atoms with Crippen LogP contribution in [0.5, 0.6) is 0 Å². The number of allylic oxidation sites excluding steroid dienone is 2. The third-order valence-corrected chi connectivity index (χ3v) is 8.57. The first kappa shape index (κ1) is 40.6. The zero-order valence-electron chi connectivity index (χ0n) is 28.2. The number of hydrogen-bond acceptors (Lipinski definition) is 3. The monoisotopic (exact) mass is 593 g/mol. The lowest BCUT2D eigenvalue weighted by Crippen LogP contribution is -2.48. The number of carboxylic acid groups (broad SMARTS) is 1. The summed E-state index contributed by atoms with van der Waals surface area (Å²) in [6.07, 6.45) is 40.4. The number of carboxylic acids is 1. The maximum absolute atomic E-state index is 12.7. The Hall–Kier alpha value is -1.36. The van der Waals surface area contributed by atoms with Crippen molar-refractivity contribution in [2.24, 2.45) is 5.73 Å². The molecule has 0 aliphatic carbocycles. The van der Waals surface area contributed by atoms with Crippen molar-refractivity contribution in [1.29, 1.82) is 0 Å². The normalized spacial score (nSPS) is 12.3. The van der Waals surface area contributed by atoms with E-state index in [0.717, 1.165) is 25.7 Å². The SMILES string of the molecule is CCCCCCCC/C=C\CCCCCCCCN(CCCCCCCCCCCCCCCC)C(=O)[C@@H](N)C(=O)O. The molecule has 0 bridgehead atoms. The highest BCUT2D eigenvalue weighted by atomic mass is 16.4. The van der Waals surface area contributed by atoms with E-state index in [-0.39, 0.29) is 0 Å². The summed E-state index contributed by atoms with van der Waals surface area (Å²) in [6, 6.07) is -1.44. The Labute approximate surface area is 261 Å². The Kier molecular flexibility index (Phi) is 31.5. The number of aliphatic carboxylic acids is 1. The Bertz CT molecular complexity index is 622. The first-order valence-electron chi connectivity index (χ1n) is 18.5. The van der Waals surface area contributed by atoms with E-state index < -0.39 is 17.9 Å². The van der Waals surface area contributed by atoms with E-state index in [1.807, 2.05) is 0 Å². The van der Waals surface area contributed by atoms with Crippen LogP contribution in [0.25, 0.3) is 0 Å². The van der Waals surface area contributed by atoms with Gasteiger partial charge in [-0.25, -0.2) is 4.79 Å². The van der Waals surface area contributed by atoms with E-state index in [4.69, 9.17) is 5.73 Å². The predicted octanol–water partition coefficient (Wildman–Crippen LogP) is 10.7. The van der Waals surface area contributed by atoms with Crippen molar-refractivity contribution in [1.82, 2.24) is 4.90 Å². The Morgan fingerprint density at radius 3 is 1.12 bits per heavy atom. The minimum absolute atomic E-state index is 0.426. The molecule has 1 atom stereocenters. The van der Waals surface area contributed by atoms with Crippen LogP contribution in [0, 0.1) is 0 Å². The van der Waals surface area contributed by atoms with Crippen LogP contribution >= 0.6 is 0 Å². The average molecular weight is 593 g/mol. The summed E-state index contributed by atoms with van der Waals surface area (Å²) in [5.74, 6) is -1.66. The van der Waals surface area contributed by atoms with Crippen LogP contribution in [0.2, 0.25) is 0 Å². The number of nitrogens with two attached hydrogens (primary N) is 1. The maximum atomic E-state index is 12.7. The minimum atomic E-state index is -1.44. The molecule has 0 aromatic heterocycles. The van der Waals surface area contributed by atoms with Crippen molar-refractivity contribution in [2.45, 2.75) is 200 Å². The van der Waals surface area contributed by atoms with Crippen LogP contribution in [0.15, 0.2) is 12.2 Å². The predicted molar refractivity (Wildman–Crippen MR) is 182 cm³/mol. The number of unbranched alkanes of at least 4 members (excludes halogenated alkanes) is 25. The summed E-state index contributed by atoms with van der Waals surface area (Å²) >= 11 is 0. The molecule has 0 aliphatic heterocycles. The summed E-state index contributed by atoms with van der Waals surface area (Å²) in [4.78, 5) is 25.7. The van der Waals surface area contributed by atoms with Crippen molar-refractivity contribution in [3.05, 3.63) is 12.2 Å². The topological polar surface area (TPSA) is 83.6 Å². The standard InChI is InChI=1S/C37H72N2O3/c1-3-5-7-9-11-13-15-17-19-20-22-24-26-28-30-32-34-39(36(40)35(38)37(41)42)33-31-29-27-25-23-21-18-16-14-12-10-8-6-4-2/h17,19,35H,3-16,18,20-34,38H2,1-2H3,(H,41,42)/b19-17-/t35-/m1/s1. The van der Waals surface area contributed by atoms with Crippen LogP contribution in [-0.4, -0.2) is 41.0 Å². The summed E-state index contributed by atoms with van der Waals surface area (Å²) in [5, 5.41) is 9.23. The molecule has 0 fully saturated rings. The molecule has 0 aliphatic rings. The second-order valence-corrected chi connectivity index (χ2v) is 12.7. The Morgan fingerprint density at radius 2 is 0.810 bits per heavy atom. The van der Waals surface area contributed by atoms with Gasteiger partial charge in [0.1, 0.15) is 0 Å². The highest BCUT2D eigenvalue weighted by Gasteiger charge is 2.26. The Balaban J connectivity index is 3.87. The maximum Gasteiger partial charge on any atom is 0.330 e. The Morgan fingerprint density at radius 1 is 0.524 bits per heavy atom. The van der Waals surface area contributed by atoms with Gasteiger partial charge in [0.2, 0.25) is 0 Å². The molecule has 42 heavy (non-hydrogen) atoms. The highest BCUT2D eigenvalue weighted by molar-refractivity contribution is 6.00. The zero-order valence-corrected chi connectivity index (χ0v) is 28.2. The first-order chi connectivity index (χ1) is 20.5. The third-order valence-electron chi connectivity index (χ3n) is 8.57. The largest absolute Gasteiger partial charge is 0.480 e. The van der Waals surface area contributed by atoms with Crippen LogP contribution in [0.1, 0.15) is 194 Å². The molecule has 5 heteroatoms. The van der Waals surface area contributed by atoms with Crippen molar-refractivity contribution in [3.63, 3.8) is 0 Å². The van der Waals surface area contributed by atoms with Crippen LogP contribution in [0.3, 0.4) is 0 Å². The molecule has 0 spiro atoms. The molecule has 248 valence electrons. The molecule has 5 nitrogen and oxygen atoms in total. The molecule has 0 aromatic carbocycles. The van der Waals surface area contributed by atoms with Gasteiger partial charge < -0.3 is 15.7 Å². The number of rotatable bonds is 33. The smallest absolute Gasteiger partial charge is 0.330 e. The lowest BCUT2D eigenvalue weighted by atomic mass is 10.0. The minimum Gasteiger partial charge on any atom is -0.480 e. The highest BCUT2D eigenvalue weighted by Crippen LogP contribution is 2.14.